The summed E-state index contributed by atoms with van der Waals surface area (Å²) in [6.07, 6.45) is 6.47. The third-order valence-corrected chi connectivity index (χ3v) is 5.99. The fourth-order valence-electron chi connectivity index (χ4n) is 4.84. The molecule has 0 aromatic carbocycles. The van der Waals surface area contributed by atoms with Gasteiger partial charge in [-0.25, -0.2) is 13.3 Å². The number of aromatic nitrogens is 2. The van der Waals surface area contributed by atoms with Crippen molar-refractivity contribution in [3.8, 4) is 0 Å². The molecule has 1 saturated carbocycles. The van der Waals surface area contributed by atoms with Gasteiger partial charge in [-0.2, -0.15) is 5.10 Å². The Balaban J connectivity index is 1.34. The van der Waals surface area contributed by atoms with Crippen molar-refractivity contribution in [2.24, 2.45) is 5.41 Å². The SMILES string of the molecule is FC1(F)CC2(CN(c3ccc4c(C5CCNCC5)cnn4c3)C2)C1. The molecule has 0 bridgehead atoms. The third kappa shape index (κ3) is 2.23. The van der Waals surface area contributed by atoms with E-state index in [1.165, 1.54) is 11.1 Å². The van der Waals surface area contributed by atoms with Gasteiger partial charge in [-0.1, -0.05) is 0 Å². The van der Waals surface area contributed by atoms with Crippen LogP contribution in [0, 0.1) is 5.41 Å². The minimum atomic E-state index is -2.43. The van der Waals surface area contributed by atoms with Crippen LogP contribution in [-0.4, -0.2) is 41.7 Å². The molecule has 5 rings (SSSR count). The second-order valence-electron chi connectivity index (χ2n) is 7.91. The summed E-state index contributed by atoms with van der Waals surface area (Å²) < 4.78 is 28.2. The molecule has 0 amide bonds. The van der Waals surface area contributed by atoms with Crippen LogP contribution in [0.1, 0.15) is 37.2 Å². The molecule has 3 fully saturated rings. The van der Waals surface area contributed by atoms with Gasteiger partial charge < -0.3 is 10.2 Å². The maximum absolute atomic E-state index is 13.1. The van der Waals surface area contributed by atoms with Crippen molar-refractivity contribution >= 4 is 11.2 Å². The minimum absolute atomic E-state index is 0.0559. The molecule has 24 heavy (non-hydrogen) atoms. The lowest BCUT2D eigenvalue weighted by Crippen LogP contribution is -2.66. The zero-order valence-electron chi connectivity index (χ0n) is 13.6. The van der Waals surface area contributed by atoms with Gasteiger partial charge in [0.2, 0.25) is 5.92 Å². The van der Waals surface area contributed by atoms with Crippen LogP contribution in [0.25, 0.3) is 5.52 Å². The smallest absolute Gasteiger partial charge is 0.249 e. The fourth-order valence-corrected chi connectivity index (χ4v) is 4.84. The highest BCUT2D eigenvalue weighted by molar-refractivity contribution is 5.61. The molecule has 1 spiro atoms. The van der Waals surface area contributed by atoms with E-state index in [2.05, 4.69) is 27.4 Å². The Morgan fingerprint density at radius 2 is 1.88 bits per heavy atom. The van der Waals surface area contributed by atoms with E-state index >= 15 is 0 Å². The molecule has 4 heterocycles. The van der Waals surface area contributed by atoms with E-state index in [4.69, 9.17) is 0 Å². The highest BCUT2D eigenvalue weighted by Crippen LogP contribution is 2.57. The van der Waals surface area contributed by atoms with Crippen molar-refractivity contribution in [1.82, 2.24) is 14.9 Å². The number of piperidine rings is 1. The van der Waals surface area contributed by atoms with Gasteiger partial charge in [0.1, 0.15) is 0 Å². The number of rotatable bonds is 2. The molecule has 3 aliphatic rings. The summed E-state index contributed by atoms with van der Waals surface area (Å²) in [7, 11) is 0. The molecule has 1 N–H and O–H groups in total. The summed E-state index contributed by atoms with van der Waals surface area (Å²) in [6, 6.07) is 4.26. The number of nitrogens with one attached hydrogen (secondary N) is 1. The lowest BCUT2D eigenvalue weighted by molar-refractivity contribution is -0.170. The van der Waals surface area contributed by atoms with Crippen LogP contribution in [0.4, 0.5) is 14.5 Å². The maximum Gasteiger partial charge on any atom is 0.249 e. The van der Waals surface area contributed by atoms with E-state index in [0.717, 1.165) is 44.7 Å². The van der Waals surface area contributed by atoms with Crippen LogP contribution >= 0.6 is 0 Å². The molecule has 0 atom stereocenters. The average molecular weight is 332 g/mol. The number of pyridine rings is 1. The number of anilines is 1. The first-order valence-electron chi connectivity index (χ1n) is 8.85. The molecule has 6 heteroatoms. The molecule has 1 aliphatic carbocycles. The molecule has 4 nitrogen and oxygen atoms in total. The lowest BCUT2D eigenvalue weighted by Gasteiger charge is -2.59. The largest absolute Gasteiger partial charge is 0.369 e. The number of hydrogen-bond acceptors (Lipinski definition) is 3. The lowest BCUT2D eigenvalue weighted by atomic mass is 9.61. The summed E-state index contributed by atoms with van der Waals surface area (Å²) in [5, 5.41) is 7.94. The van der Waals surface area contributed by atoms with Gasteiger partial charge in [-0.05, 0) is 44.0 Å². The fraction of sp³-hybridized carbons (Fsp3) is 0.611. The Morgan fingerprint density at radius 1 is 1.12 bits per heavy atom. The van der Waals surface area contributed by atoms with Crippen LogP contribution in [0.2, 0.25) is 0 Å². The average Bonchev–Trinajstić information content (AvgIpc) is 2.93. The van der Waals surface area contributed by atoms with Crippen LogP contribution in [0.5, 0.6) is 0 Å². The predicted octanol–water partition coefficient (Wildman–Crippen LogP) is 3.04. The second kappa shape index (κ2) is 4.91. The van der Waals surface area contributed by atoms with Crippen molar-refractivity contribution < 1.29 is 8.78 Å². The van der Waals surface area contributed by atoms with Gasteiger partial charge in [0.25, 0.3) is 0 Å². The quantitative estimate of drug-likeness (QED) is 0.917. The number of fused-ring (bicyclic) bond motifs is 1. The molecule has 128 valence electrons. The second-order valence-corrected chi connectivity index (χ2v) is 7.91. The number of nitrogens with zero attached hydrogens (tertiary/aromatic N) is 3. The molecular weight excluding hydrogens is 310 g/mol. The van der Waals surface area contributed by atoms with E-state index in [0.29, 0.717) is 5.92 Å². The Labute approximate surface area is 139 Å². The summed E-state index contributed by atoms with van der Waals surface area (Å²) in [5.74, 6) is -1.85. The third-order valence-electron chi connectivity index (χ3n) is 5.99. The molecule has 0 radical (unpaired) electrons. The monoisotopic (exact) mass is 332 g/mol. The van der Waals surface area contributed by atoms with Crippen molar-refractivity contribution in [2.45, 2.75) is 37.5 Å². The normalized spacial score (nSPS) is 25.7. The highest BCUT2D eigenvalue weighted by atomic mass is 19.3. The van der Waals surface area contributed by atoms with Crippen molar-refractivity contribution in [2.75, 3.05) is 31.1 Å². The van der Waals surface area contributed by atoms with Crippen LogP contribution in [0.15, 0.2) is 24.5 Å². The first-order valence-corrected chi connectivity index (χ1v) is 8.85. The van der Waals surface area contributed by atoms with Gasteiger partial charge in [0.05, 0.1) is 23.6 Å². The first kappa shape index (κ1) is 14.6. The summed E-state index contributed by atoms with van der Waals surface area (Å²) in [5.41, 5.74) is 3.46. The summed E-state index contributed by atoms with van der Waals surface area (Å²) in [6.45, 7) is 3.63. The van der Waals surface area contributed by atoms with Crippen molar-refractivity contribution in [3.63, 3.8) is 0 Å². The van der Waals surface area contributed by atoms with Crippen LogP contribution < -0.4 is 10.2 Å². The van der Waals surface area contributed by atoms with Crippen LogP contribution in [-0.2, 0) is 0 Å². The molecule has 2 aromatic heterocycles. The van der Waals surface area contributed by atoms with Gasteiger partial charge >= 0.3 is 0 Å². The highest BCUT2D eigenvalue weighted by Gasteiger charge is 2.61. The molecule has 2 aliphatic heterocycles. The summed E-state index contributed by atoms with van der Waals surface area (Å²) >= 11 is 0. The predicted molar refractivity (Wildman–Crippen MR) is 88.9 cm³/mol. The number of halogens is 2. The van der Waals surface area contributed by atoms with Gasteiger partial charge in [0.15, 0.2) is 0 Å². The van der Waals surface area contributed by atoms with Gasteiger partial charge in [-0.15, -0.1) is 0 Å². The molecule has 2 aromatic rings. The van der Waals surface area contributed by atoms with E-state index in [1.54, 1.807) is 0 Å². The summed E-state index contributed by atoms with van der Waals surface area (Å²) in [4.78, 5) is 2.20. The van der Waals surface area contributed by atoms with Gasteiger partial charge in [-0.3, -0.25) is 0 Å². The van der Waals surface area contributed by atoms with Crippen molar-refractivity contribution in [3.05, 3.63) is 30.1 Å². The minimum Gasteiger partial charge on any atom is -0.369 e. The Kier molecular flexibility index (Phi) is 2.99. The first-order chi connectivity index (χ1) is 11.5. The zero-order valence-corrected chi connectivity index (χ0v) is 13.6. The Hall–Kier alpha value is -1.69. The molecule has 2 saturated heterocycles. The number of hydrogen-bond donors (Lipinski definition) is 1. The van der Waals surface area contributed by atoms with Crippen molar-refractivity contribution in [1.29, 1.82) is 0 Å². The topological polar surface area (TPSA) is 32.6 Å². The Bertz CT molecular complexity index is 762. The van der Waals surface area contributed by atoms with Gasteiger partial charge in [0, 0.05) is 36.9 Å². The van der Waals surface area contributed by atoms with E-state index in [9.17, 15) is 8.78 Å². The zero-order chi connectivity index (χ0) is 16.4. The number of alkyl halides is 2. The van der Waals surface area contributed by atoms with E-state index in [-0.39, 0.29) is 18.3 Å². The molecular formula is C18H22F2N4. The van der Waals surface area contributed by atoms with Crippen LogP contribution in [0.3, 0.4) is 0 Å². The maximum atomic E-state index is 13.1. The van der Waals surface area contributed by atoms with E-state index in [1.807, 2.05) is 16.9 Å². The standard InChI is InChI=1S/C18H22F2N4/c19-18(20)9-17(10-18)11-23(12-17)14-1-2-16-15(7-22-24(16)8-14)13-3-5-21-6-4-13/h1-2,7-8,13,21H,3-6,9-12H2. The molecule has 0 unspecified atom stereocenters. The van der Waals surface area contributed by atoms with E-state index < -0.39 is 5.92 Å². The Morgan fingerprint density at radius 3 is 2.58 bits per heavy atom.